The van der Waals surface area contributed by atoms with Crippen molar-refractivity contribution in [3.05, 3.63) is 63.7 Å². The fourth-order valence-corrected chi connectivity index (χ4v) is 1.56. The van der Waals surface area contributed by atoms with Crippen molar-refractivity contribution in [2.24, 2.45) is 0 Å². The van der Waals surface area contributed by atoms with E-state index in [2.05, 4.69) is 0 Å². The van der Waals surface area contributed by atoms with Gasteiger partial charge in [-0.15, -0.1) is 0 Å². The Morgan fingerprint density at radius 2 is 1.90 bits per heavy atom. The van der Waals surface area contributed by atoms with Crippen LogP contribution in [0.3, 0.4) is 0 Å². The van der Waals surface area contributed by atoms with E-state index in [1.165, 1.54) is 12.1 Å². The number of carbonyl (C=O) groups excluding carboxylic acids is 1. The third kappa shape index (κ3) is 2.61. The topological polar surface area (TPSA) is 69.4 Å². The SMILES string of the molecule is O=Cc1c(F)cccc1Oc1cc(F)ccc1[N+](=O)[O-]. The number of nitro groups is 1. The van der Waals surface area contributed by atoms with Gasteiger partial charge in [-0.2, -0.15) is 0 Å². The van der Waals surface area contributed by atoms with E-state index in [0.717, 1.165) is 24.3 Å². The van der Waals surface area contributed by atoms with Crippen LogP contribution in [0.15, 0.2) is 36.4 Å². The molecule has 0 bridgehead atoms. The first-order valence-electron chi connectivity index (χ1n) is 5.38. The van der Waals surface area contributed by atoms with E-state index in [4.69, 9.17) is 4.74 Å². The van der Waals surface area contributed by atoms with E-state index >= 15 is 0 Å². The summed E-state index contributed by atoms with van der Waals surface area (Å²) in [6.07, 6.45) is 0.218. The quantitative estimate of drug-likeness (QED) is 0.488. The van der Waals surface area contributed by atoms with Crippen LogP contribution < -0.4 is 4.74 Å². The number of halogens is 2. The predicted octanol–water partition coefficient (Wildman–Crippen LogP) is 3.48. The number of benzene rings is 2. The predicted molar refractivity (Wildman–Crippen MR) is 64.9 cm³/mol. The van der Waals surface area contributed by atoms with Crippen LogP contribution in [0.4, 0.5) is 14.5 Å². The highest BCUT2D eigenvalue weighted by Crippen LogP contribution is 2.33. The second-order valence-corrected chi connectivity index (χ2v) is 3.74. The molecule has 0 radical (unpaired) electrons. The second kappa shape index (κ2) is 5.43. The number of hydrogen-bond donors (Lipinski definition) is 0. The van der Waals surface area contributed by atoms with Crippen molar-refractivity contribution in [3.63, 3.8) is 0 Å². The van der Waals surface area contributed by atoms with Gasteiger partial charge in [-0.1, -0.05) is 6.07 Å². The lowest BCUT2D eigenvalue weighted by molar-refractivity contribution is -0.385. The molecule has 0 heterocycles. The van der Waals surface area contributed by atoms with Gasteiger partial charge in [0.15, 0.2) is 6.29 Å². The van der Waals surface area contributed by atoms with Crippen LogP contribution in [0.5, 0.6) is 11.5 Å². The number of nitrogens with zero attached hydrogens (tertiary/aromatic N) is 1. The molecule has 7 heteroatoms. The first kappa shape index (κ1) is 13.6. The van der Waals surface area contributed by atoms with Crippen LogP contribution in [-0.2, 0) is 0 Å². The molecular weight excluding hydrogens is 272 g/mol. The molecule has 0 aliphatic heterocycles. The maximum absolute atomic E-state index is 13.4. The molecule has 0 amide bonds. The van der Waals surface area contributed by atoms with E-state index in [1.54, 1.807) is 0 Å². The van der Waals surface area contributed by atoms with Crippen molar-refractivity contribution in [1.82, 2.24) is 0 Å². The normalized spacial score (nSPS) is 10.1. The molecule has 5 nitrogen and oxygen atoms in total. The molecule has 0 saturated carbocycles. The zero-order chi connectivity index (χ0) is 14.7. The highest BCUT2D eigenvalue weighted by atomic mass is 19.1. The minimum absolute atomic E-state index is 0.218. The minimum Gasteiger partial charge on any atom is -0.449 e. The lowest BCUT2D eigenvalue weighted by atomic mass is 10.2. The molecule has 0 fully saturated rings. The van der Waals surface area contributed by atoms with Gasteiger partial charge in [0.25, 0.3) is 0 Å². The van der Waals surface area contributed by atoms with Gasteiger partial charge >= 0.3 is 5.69 Å². The van der Waals surface area contributed by atoms with Crippen molar-refractivity contribution in [3.8, 4) is 11.5 Å². The van der Waals surface area contributed by atoms with E-state index < -0.39 is 33.6 Å². The summed E-state index contributed by atoms with van der Waals surface area (Å²) in [6.45, 7) is 0. The van der Waals surface area contributed by atoms with E-state index in [9.17, 15) is 23.7 Å². The Bertz CT molecular complexity index is 688. The number of rotatable bonds is 4. The first-order valence-corrected chi connectivity index (χ1v) is 5.38. The summed E-state index contributed by atoms with van der Waals surface area (Å²) >= 11 is 0. The molecule has 0 spiro atoms. The average molecular weight is 279 g/mol. The van der Waals surface area contributed by atoms with Crippen LogP contribution in [0, 0.1) is 21.7 Å². The monoisotopic (exact) mass is 279 g/mol. The van der Waals surface area contributed by atoms with Crippen molar-refractivity contribution in [1.29, 1.82) is 0 Å². The molecule has 0 N–H and O–H groups in total. The van der Waals surface area contributed by atoms with E-state index in [-0.39, 0.29) is 12.0 Å². The van der Waals surface area contributed by atoms with Crippen LogP contribution in [0.1, 0.15) is 10.4 Å². The van der Waals surface area contributed by atoms with Gasteiger partial charge in [-0.25, -0.2) is 8.78 Å². The summed E-state index contributed by atoms with van der Waals surface area (Å²) in [5.41, 5.74) is -0.890. The molecule has 20 heavy (non-hydrogen) atoms. The number of carbonyl (C=O) groups is 1. The summed E-state index contributed by atoms with van der Waals surface area (Å²) in [7, 11) is 0. The lowest BCUT2D eigenvalue weighted by Gasteiger charge is -2.08. The Hall–Kier alpha value is -2.83. The van der Waals surface area contributed by atoms with Crippen molar-refractivity contribution >= 4 is 12.0 Å². The van der Waals surface area contributed by atoms with Crippen molar-refractivity contribution in [2.45, 2.75) is 0 Å². The zero-order valence-electron chi connectivity index (χ0n) is 9.88. The minimum atomic E-state index is -0.837. The van der Waals surface area contributed by atoms with Crippen LogP contribution in [0.25, 0.3) is 0 Å². The molecule has 0 unspecified atom stereocenters. The Morgan fingerprint density at radius 1 is 1.15 bits per heavy atom. The Labute approximate surface area is 111 Å². The third-order valence-electron chi connectivity index (χ3n) is 2.47. The van der Waals surface area contributed by atoms with Crippen LogP contribution in [0.2, 0.25) is 0 Å². The van der Waals surface area contributed by atoms with E-state index in [1.807, 2.05) is 0 Å². The van der Waals surface area contributed by atoms with Gasteiger partial charge in [0, 0.05) is 12.1 Å². The van der Waals surface area contributed by atoms with Gasteiger partial charge < -0.3 is 4.74 Å². The van der Waals surface area contributed by atoms with Crippen LogP contribution >= 0.6 is 0 Å². The summed E-state index contributed by atoms with van der Waals surface area (Å²) < 4.78 is 31.6. The molecule has 2 rings (SSSR count). The van der Waals surface area contributed by atoms with Gasteiger partial charge in [0.05, 0.1) is 10.5 Å². The van der Waals surface area contributed by atoms with E-state index in [0.29, 0.717) is 0 Å². The maximum Gasteiger partial charge on any atom is 0.311 e. The number of hydrogen-bond acceptors (Lipinski definition) is 4. The highest BCUT2D eigenvalue weighted by Gasteiger charge is 2.18. The highest BCUT2D eigenvalue weighted by molar-refractivity contribution is 5.80. The number of nitro benzene ring substituents is 1. The smallest absolute Gasteiger partial charge is 0.311 e. The summed E-state index contributed by atoms with van der Waals surface area (Å²) in [5.74, 6) is -2.23. The van der Waals surface area contributed by atoms with Crippen molar-refractivity contribution < 1.29 is 23.2 Å². The first-order chi connectivity index (χ1) is 9.52. The number of aldehydes is 1. The summed E-state index contributed by atoms with van der Waals surface area (Å²) in [5, 5.41) is 10.8. The van der Waals surface area contributed by atoms with Gasteiger partial charge in [0.2, 0.25) is 5.75 Å². The van der Waals surface area contributed by atoms with Gasteiger partial charge in [-0.05, 0) is 18.2 Å². The Morgan fingerprint density at radius 3 is 2.55 bits per heavy atom. The molecule has 2 aromatic rings. The molecule has 0 aliphatic carbocycles. The molecule has 0 aromatic heterocycles. The zero-order valence-corrected chi connectivity index (χ0v) is 9.88. The lowest BCUT2D eigenvalue weighted by Crippen LogP contribution is -1.98. The maximum atomic E-state index is 13.4. The fourth-order valence-electron chi connectivity index (χ4n) is 1.56. The Balaban J connectivity index is 2.50. The Kier molecular flexibility index (Phi) is 3.69. The second-order valence-electron chi connectivity index (χ2n) is 3.74. The summed E-state index contributed by atoms with van der Waals surface area (Å²) in [4.78, 5) is 20.8. The third-order valence-corrected chi connectivity index (χ3v) is 2.47. The largest absolute Gasteiger partial charge is 0.449 e. The molecule has 102 valence electrons. The van der Waals surface area contributed by atoms with Gasteiger partial charge in [-0.3, -0.25) is 14.9 Å². The van der Waals surface area contributed by atoms with Gasteiger partial charge in [0.1, 0.15) is 17.4 Å². The molecule has 2 aromatic carbocycles. The van der Waals surface area contributed by atoms with Crippen LogP contribution in [-0.4, -0.2) is 11.2 Å². The standard InChI is InChI=1S/C13H7F2NO4/c14-8-4-5-11(16(18)19)13(6-8)20-12-3-1-2-10(15)9(12)7-17/h1-7H. The molecular formula is C13H7F2NO4. The fraction of sp³-hybridized carbons (Fsp3) is 0. The van der Waals surface area contributed by atoms with Crippen molar-refractivity contribution in [2.75, 3.05) is 0 Å². The molecule has 0 aliphatic rings. The summed E-state index contributed by atoms with van der Waals surface area (Å²) in [6, 6.07) is 6.17. The average Bonchev–Trinajstić information content (AvgIpc) is 2.38. The number of ether oxygens (including phenoxy) is 1. The molecule has 0 saturated heterocycles. The molecule has 0 atom stereocenters.